The Labute approximate surface area is 183 Å². The van der Waals surface area contributed by atoms with Crippen molar-refractivity contribution in [3.05, 3.63) is 107 Å². The van der Waals surface area contributed by atoms with Crippen LogP contribution in [0.25, 0.3) is 22.2 Å². The molecule has 0 saturated heterocycles. The maximum Gasteiger partial charge on any atom is 0.234 e. The normalized spacial score (nSPS) is 11.1. The standard InChI is InChI=1S/C26H18FNO4/c1-16-23(24(28-32-16)18-6-3-2-4-7-18)25(29)22-14-19-8-5-9-21(26(19)31-22)30-15-17-10-12-20(27)13-11-17/h2-14H,15H2,1H3. The van der Waals surface area contributed by atoms with Gasteiger partial charge in [0.1, 0.15) is 23.9 Å². The van der Waals surface area contributed by atoms with Crippen LogP contribution in [0.3, 0.4) is 0 Å². The predicted molar refractivity (Wildman–Crippen MR) is 117 cm³/mol. The summed E-state index contributed by atoms with van der Waals surface area (Å²) < 4.78 is 30.3. The number of halogens is 1. The summed E-state index contributed by atoms with van der Waals surface area (Å²) >= 11 is 0. The SMILES string of the molecule is Cc1onc(-c2ccccc2)c1C(=O)c1cc2cccc(OCc3ccc(F)cc3)c2o1. The average molecular weight is 427 g/mol. The average Bonchev–Trinajstić information content (AvgIpc) is 3.43. The van der Waals surface area contributed by atoms with Crippen LogP contribution in [-0.4, -0.2) is 10.9 Å². The molecule has 0 amide bonds. The first-order chi connectivity index (χ1) is 15.6. The van der Waals surface area contributed by atoms with Crippen molar-refractivity contribution in [1.82, 2.24) is 5.16 Å². The molecule has 3 aromatic carbocycles. The molecule has 0 bridgehead atoms. The van der Waals surface area contributed by atoms with E-state index in [4.69, 9.17) is 13.7 Å². The highest BCUT2D eigenvalue weighted by atomic mass is 19.1. The molecule has 5 aromatic rings. The topological polar surface area (TPSA) is 65.5 Å². The van der Waals surface area contributed by atoms with Crippen molar-refractivity contribution in [2.24, 2.45) is 0 Å². The van der Waals surface area contributed by atoms with Gasteiger partial charge >= 0.3 is 0 Å². The summed E-state index contributed by atoms with van der Waals surface area (Å²) in [6, 6.07) is 22.6. The fraction of sp³-hybridized carbons (Fsp3) is 0.0769. The number of aromatic nitrogens is 1. The van der Waals surface area contributed by atoms with Crippen molar-refractivity contribution in [2.75, 3.05) is 0 Å². The van der Waals surface area contributed by atoms with Gasteiger partial charge < -0.3 is 13.7 Å². The Morgan fingerprint density at radius 2 is 1.78 bits per heavy atom. The highest BCUT2D eigenvalue weighted by molar-refractivity contribution is 6.13. The number of rotatable bonds is 6. The van der Waals surface area contributed by atoms with E-state index in [0.29, 0.717) is 28.4 Å². The van der Waals surface area contributed by atoms with Gasteiger partial charge in [0.15, 0.2) is 17.1 Å². The molecular weight excluding hydrogens is 409 g/mol. The van der Waals surface area contributed by atoms with Crippen LogP contribution in [-0.2, 0) is 6.61 Å². The van der Waals surface area contributed by atoms with Crippen LogP contribution < -0.4 is 4.74 Å². The highest BCUT2D eigenvalue weighted by Gasteiger charge is 2.26. The molecule has 158 valence electrons. The van der Waals surface area contributed by atoms with Crippen molar-refractivity contribution in [3.63, 3.8) is 0 Å². The molecule has 0 spiro atoms. The Kier molecular flexibility index (Phi) is 5.03. The van der Waals surface area contributed by atoms with Crippen LogP contribution in [0.1, 0.15) is 27.4 Å². The van der Waals surface area contributed by atoms with E-state index in [1.807, 2.05) is 42.5 Å². The lowest BCUT2D eigenvalue weighted by Crippen LogP contribution is -2.02. The second-order valence-corrected chi connectivity index (χ2v) is 7.36. The number of carbonyl (C=O) groups excluding carboxylic acids is 1. The molecule has 2 heterocycles. The zero-order valence-corrected chi connectivity index (χ0v) is 17.2. The zero-order chi connectivity index (χ0) is 22.1. The number of hydrogen-bond donors (Lipinski definition) is 0. The van der Waals surface area contributed by atoms with E-state index in [1.54, 1.807) is 31.2 Å². The van der Waals surface area contributed by atoms with Gasteiger partial charge in [0, 0.05) is 10.9 Å². The minimum absolute atomic E-state index is 0.168. The van der Waals surface area contributed by atoms with Gasteiger partial charge in [-0.1, -0.05) is 59.8 Å². The summed E-state index contributed by atoms with van der Waals surface area (Å²) in [7, 11) is 0. The van der Waals surface area contributed by atoms with E-state index in [0.717, 1.165) is 16.5 Å². The van der Waals surface area contributed by atoms with Crippen molar-refractivity contribution < 1.29 is 22.9 Å². The molecule has 0 fully saturated rings. The number of furan rings is 1. The first kappa shape index (κ1) is 19.8. The molecule has 2 aromatic heterocycles. The monoisotopic (exact) mass is 427 g/mol. The largest absolute Gasteiger partial charge is 0.485 e. The predicted octanol–water partition coefficient (Wildman–Crippen LogP) is 6.35. The molecule has 32 heavy (non-hydrogen) atoms. The third kappa shape index (κ3) is 3.67. The quantitative estimate of drug-likeness (QED) is 0.296. The minimum Gasteiger partial charge on any atom is -0.485 e. The number of fused-ring (bicyclic) bond motifs is 1. The van der Waals surface area contributed by atoms with Crippen LogP contribution in [0.4, 0.5) is 4.39 Å². The molecule has 5 rings (SSSR count). The summed E-state index contributed by atoms with van der Waals surface area (Å²) in [6.45, 7) is 1.94. The zero-order valence-electron chi connectivity index (χ0n) is 17.2. The fourth-order valence-corrected chi connectivity index (χ4v) is 3.56. The first-order valence-corrected chi connectivity index (χ1v) is 10.1. The highest BCUT2D eigenvalue weighted by Crippen LogP contribution is 2.33. The lowest BCUT2D eigenvalue weighted by molar-refractivity contribution is 0.101. The molecule has 6 heteroatoms. The Bertz CT molecular complexity index is 1400. The maximum atomic E-state index is 13.3. The van der Waals surface area contributed by atoms with E-state index in [2.05, 4.69) is 5.16 Å². The van der Waals surface area contributed by atoms with Gasteiger partial charge in [0.2, 0.25) is 5.78 Å². The van der Waals surface area contributed by atoms with Gasteiger partial charge in [-0.25, -0.2) is 4.39 Å². The van der Waals surface area contributed by atoms with Crippen LogP contribution in [0, 0.1) is 12.7 Å². The number of benzene rings is 3. The second-order valence-electron chi connectivity index (χ2n) is 7.36. The van der Waals surface area contributed by atoms with E-state index in [-0.39, 0.29) is 24.0 Å². The van der Waals surface area contributed by atoms with E-state index >= 15 is 0 Å². The molecule has 0 aliphatic carbocycles. The van der Waals surface area contributed by atoms with Gasteiger partial charge in [-0.15, -0.1) is 0 Å². The fourth-order valence-electron chi connectivity index (χ4n) is 3.56. The van der Waals surface area contributed by atoms with Gasteiger partial charge in [0.25, 0.3) is 0 Å². The van der Waals surface area contributed by atoms with E-state index in [1.165, 1.54) is 12.1 Å². The van der Waals surface area contributed by atoms with Crippen LogP contribution in [0.2, 0.25) is 0 Å². The number of para-hydroxylation sites is 1. The number of ether oxygens (including phenoxy) is 1. The second kappa shape index (κ2) is 8.15. The third-order valence-electron chi connectivity index (χ3n) is 5.18. The lowest BCUT2D eigenvalue weighted by atomic mass is 10.0. The first-order valence-electron chi connectivity index (χ1n) is 10.1. The Morgan fingerprint density at radius 1 is 1.00 bits per heavy atom. The molecule has 0 saturated carbocycles. The molecule has 0 N–H and O–H groups in total. The van der Waals surface area contributed by atoms with Crippen LogP contribution in [0.5, 0.6) is 5.75 Å². The molecule has 0 unspecified atom stereocenters. The van der Waals surface area contributed by atoms with Crippen LogP contribution in [0.15, 0.2) is 87.8 Å². The number of aryl methyl sites for hydroxylation is 1. The van der Waals surface area contributed by atoms with Crippen molar-refractivity contribution in [1.29, 1.82) is 0 Å². The van der Waals surface area contributed by atoms with Gasteiger partial charge in [-0.3, -0.25) is 4.79 Å². The minimum atomic E-state index is -0.316. The van der Waals surface area contributed by atoms with Crippen LogP contribution >= 0.6 is 0 Å². The van der Waals surface area contributed by atoms with Gasteiger partial charge in [-0.05, 0) is 36.8 Å². The Hall–Kier alpha value is -4.19. The Balaban J connectivity index is 1.47. The smallest absolute Gasteiger partial charge is 0.234 e. The van der Waals surface area contributed by atoms with Crippen molar-refractivity contribution >= 4 is 16.8 Å². The van der Waals surface area contributed by atoms with Crippen molar-refractivity contribution in [3.8, 4) is 17.0 Å². The molecular formula is C26H18FNO4. The summed E-state index contributed by atoms with van der Waals surface area (Å²) in [5.74, 6) is 0.465. The number of ketones is 1. The summed E-state index contributed by atoms with van der Waals surface area (Å²) in [4.78, 5) is 13.3. The molecule has 0 radical (unpaired) electrons. The summed E-state index contributed by atoms with van der Waals surface area (Å²) in [5.41, 5.74) is 2.91. The maximum absolute atomic E-state index is 13.3. The summed E-state index contributed by atoms with van der Waals surface area (Å²) in [5, 5.41) is 4.82. The molecule has 0 atom stereocenters. The molecule has 5 nitrogen and oxygen atoms in total. The van der Waals surface area contributed by atoms with Crippen molar-refractivity contribution in [2.45, 2.75) is 13.5 Å². The number of carbonyl (C=O) groups is 1. The molecule has 0 aliphatic rings. The van der Waals surface area contributed by atoms with Gasteiger partial charge in [-0.2, -0.15) is 0 Å². The number of hydrogen-bond acceptors (Lipinski definition) is 5. The third-order valence-corrected chi connectivity index (χ3v) is 5.18. The summed E-state index contributed by atoms with van der Waals surface area (Å²) in [6.07, 6.45) is 0. The van der Waals surface area contributed by atoms with E-state index < -0.39 is 0 Å². The van der Waals surface area contributed by atoms with E-state index in [9.17, 15) is 9.18 Å². The molecule has 0 aliphatic heterocycles. The Morgan fingerprint density at radius 3 is 2.56 bits per heavy atom. The number of nitrogens with zero attached hydrogens (tertiary/aromatic N) is 1. The lowest BCUT2D eigenvalue weighted by Gasteiger charge is -2.06. The van der Waals surface area contributed by atoms with Gasteiger partial charge in [0.05, 0.1) is 5.56 Å².